The fraction of sp³-hybridized carbons (Fsp3) is 0.462. The zero-order valence-corrected chi connectivity index (χ0v) is 12.4. The van der Waals surface area contributed by atoms with Gasteiger partial charge >= 0.3 is 0 Å². The Labute approximate surface area is 116 Å². The fourth-order valence-corrected chi connectivity index (χ4v) is 1.79. The number of hydrogen-bond donors (Lipinski definition) is 1. The lowest BCUT2D eigenvalue weighted by Gasteiger charge is -2.15. The quantitative estimate of drug-likeness (QED) is 0.907. The number of hydrogen-bond acceptors (Lipinski definition) is 3. The molecular weight excluding hydrogens is 298 g/mol. The summed E-state index contributed by atoms with van der Waals surface area (Å²) in [5.41, 5.74) is 0.718. The number of carbonyl (C=O) groups is 1. The van der Waals surface area contributed by atoms with Crippen LogP contribution in [-0.2, 0) is 4.79 Å². The molecule has 0 bridgehead atoms. The van der Waals surface area contributed by atoms with E-state index in [9.17, 15) is 9.90 Å². The predicted octanol–water partition coefficient (Wildman–Crippen LogP) is 2.36. The van der Waals surface area contributed by atoms with Gasteiger partial charge in [0.05, 0.1) is 19.1 Å². The Hall–Kier alpha value is -1.07. The summed E-state index contributed by atoms with van der Waals surface area (Å²) in [7, 11) is 3.42. The Kier molecular flexibility index (Phi) is 5.62. The van der Waals surface area contributed by atoms with Crippen molar-refractivity contribution in [3.8, 4) is 5.75 Å². The van der Waals surface area contributed by atoms with E-state index >= 15 is 0 Å². The molecule has 0 spiro atoms. The first-order chi connectivity index (χ1) is 8.41. The second-order valence-electron chi connectivity index (χ2n) is 4.24. The van der Waals surface area contributed by atoms with E-state index in [2.05, 4.69) is 15.9 Å². The van der Waals surface area contributed by atoms with Crippen LogP contribution in [0.15, 0.2) is 22.7 Å². The minimum absolute atomic E-state index is 0.0172. The molecule has 0 aliphatic rings. The largest absolute Gasteiger partial charge is 0.493 e. The smallest absolute Gasteiger partial charge is 0.225 e. The van der Waals surface area contributed by atoms with Crippen LogP contribution >= 0.6 is 15.9 Å². The standard InChI is InChI=1S/C13H18BrNO3/c1-9(16)11-5-4-10(14)8-12(11)18-7-6-13(17)15(2)3/h4-5,8-9,16H,6-7H2,1-3H3/t9-/m0/s1. The molecule has 0 fully saturated rings. The van der Waals surface area contributed by atoms with Gasteiger partial charge in [0.25, 0.3) is 0 Å². The SMILES string of the molecule is C[C@H](O)c1ccc(Br)cc1OCCC(=O)N(C)C. The molecule has 0 aliphatic carbocycles. The lowest BCUT2D eigenvalue weighted by Crippen LogP contribution is -2.23. The van der Waals surface area contributed by atoms with Gasteiger partial charge in [-0.05, 0) is 19.1 Å². The summed E-state index contributed by atoms with van der Waals surface area (Å²) in [4.78, 5) is 12.9. The number of benzene rings is 1. The highest BCUT2D eigenvalue weighted by Gasteiger charge is 2.11. The van der Waals surface area contributed by atoms with Crippen molar-refractivity contribution in [1.29, 1.82) is 0 Å². The van der Waals surface area contributed by atoms with E-state index in [0.29, 0.717) is 18.8 Å². The van der Waals surface area contributed by atoms with Crippen LogP contribution in [0.2, 0.25) is 0 Å². The summed E-state index contributed by atoms with van der Waals surface area (Å²) in [5.74, 6) is 0.620. The molecule has 1 rings (SSSR count). The molecule has 0 unspecified atom stereocenters. The van der Waals surface area contributed by atoms with Gasteiger partial charge in [0.2, 0.25) is 5.91 Å². The molecule has 5 heteroatoms. The van der Waals surface area contributed by atoms with Gasteiger partial charge in [0.15, 0.2) is 0 Å². The van der Waals surface area contributed by atoms with Crippen LogP contribution in [0.5, 0.6) is 5.75 Å². The summed E-state index contributed by atoms with van der Waals surface area (Å²) in [5, 5.41) is 9.62. The molecule has 0 saturated carbocycles. The fourth-order valence-electron chi connectivity index (χ4n) is 1.45. The number of amides is 1. The number of rotatable bonds is 5. The number of ether oxygens (including phenoxy) is 1. The van der Waals surface area contributed by atoms with E-state index in [1.54, 1.807) is 33.2 Å². The molecule has 0 radical (unpaired) electrons. The summed E-state index contributed by atoms with van der Waals surface area (Å²) in [6, 6.07) is 5.44. The van der Waals surface area contributed by atoms with Crippen LogP contribution in [0, 0.1) is 0 Å². The minimum atomic E-state index is -0.599. The van der Waals surface area contributed by atoms with E-state index in [0.717, 1.165) is 10.0 Å². The van der Waals surface area contributed by atoms with Crippen molar-refractivity contribution in [2.24, 2.45) is 0 Å². The van der Waals surface area contributed by atoms with Gasteiger partial charge < -0.3 is 14.7 Å². The monoisotopic (exact) mass is 315 g/mol. The maximum Gasteiger partial charge on any atom is 0.225 e. The average Bonchev–Trinajstić information content (AvgIpc) is 2.28. The molecule has 0 saturated heterocycles. The summed E-state index contributed by atoms with van der Waals surface area (Å²) < 4.78 is 6.44. The Balaban J connectivity index is 2.66. The molecule has 18 heavy (non-hydrogen) atoms. The third-order valence-electron chi connectivity index (χ3n) is 2.50. The first kappa shape index (κ1) is 15.0. The molecule has 1 atom stereocenters. The van der Waals surface area contributed by atoms with Crippen molar-refractivity contribution in [3.05, 3.63) is 28.2 Å². The maximum atomic E-state index is 11.4. The van der Waals surface area contributed by atoms with Crippen LogP contribution in [0.4, 0.5) is 0 Å². The molecule has 100 valence electrons. The Bertz CT molecular complexity index is 419. The summed E-state index contributed by atoms with van der Waals surface area (Å²) in [6.45, 7) is 1.98. The maximum absolute atomic E-state index is 11.4. The normalized spacial score (nSPS) is 12.1. The molecule has 1 aromatic rings. The van der Waals surface area contributed by atoms with E-state index in [-0.39, 0.29) is 5.91 Å². The molecule has 0 heterocycles. The molecule has 0 aliphatic heterocycles. The molecule has 1 N–H and O–H groups in total. The predicted molar refractivity (Wildman–Crippen MR) is 73.6 cm³/mol. The van der Waals surface area contributed by atoms with E-state index < -0.39 is 6.10 Å². The van der Waals surface area contributed by atoms with Crippen LogP contribution < -0.4 is 4.74 Å². The zero-order valence-electron chi connectivity index (χ0n) is 10.8. The molecule has 4 nitrogen and oxygen atoms in total. The number of aliphatic hydroxyl groups is 1. The number of halogens is 1. The molecule has 1 aromatic carbocycles. The van der Waals surface area contributed by atoms with Gasteiger partial charge in [0, 0.05) is 24.1 Å². The van der Waals surface area contributed by atoms with Crippen molar-refractivity contribution in [3.63, 3.8) is 0 Å². The second-order valence-corrected chi connectivity index (χ2v) is 5.16. The van der Waals surface area contributed by atoms with Crippen molar-refractivity contribution >= 4 is 21.8 Å². The first-order valence-corrected chi connectivity index (χ1v) is 6.51. The van der Waals surface area contributed by atoms with Crippen molar-refractivity contribution in [2.75, 3.05) is 20.7 Å². The molecular formula is C13H18BrNO3. The Morgan fingerprint density at radius 1 is 1.50 bits per heavy atom. The van der Waals surface area contributed by atoms with Crippen molar-refractivity contribution in [1.82, 2.24) is 4.90 Å². The topological polar surface area (TPSA) is 49.8 Å². The second kappa shape index (κ2) is 6.75. The highest BCUT2D eigenvalue weighted by Crippen LogP contribution is 2.28. The van der Waals surface area contributed by atoms with Gasteiger partial charge in [-0.1, -0.05) is 22.0 Å². The summed E-state index contributed by atoms with van der Waals surface area (Å²) >= 11 is 3.35. The van der Waals surface area contributed by atoms with Gasteiger partial charge in [-0.3, -0.25) is 4.79 Å². The van der Waals surface area contributed by atoms with Crippen molar-refractivity contribution in [2.45, 2.75) is 19.4 Å². The molecule has 1 amide bonds. The Morgan fingerprint density at radius 2 is 2.17 bits per heavy atom. The zero-order chi connectivity index (χ0) is 13.7. The number of nitrogens with zero attached hydrogens (tertiary/aromatic N) is 1. The van der Waals surface area contributed by atoms with E-state index in [4.69, 9.17) is 4.74 Å². The van der Waals surface area contributed by atoms with Gasteiger partial charge in [-0.25, -0.2) is 0 Å². The van der Waals surface area contributed by atoms with Crippen LogP contribution in [0.25, 0.3) is 0 Å². The number of aliphatic hydroxyl groups excluding tert-OH is 1. The lowest BCUT2D eigenvalue weighted by molar-refractivity contribution is -0.129. The highest BCUT2D eigenvalue weighted by molar-refractivity contribution is 9.10. The minimum Gasteiger partial charge on any atom is -0.493 e. The third kappa shape index (κ3) is 4.31. The first-order valence-electron chi connectivity index (χ1n) is 5.72. The lowest BCUT2D eigenvalue weighted by atomic mass is 10.1. The van der Waals surface area contributed by atoms with Crippen molar-refractivity contribution < 1.29 is 14.6 Å². The number of carbonyl (C=O) groups excluding carboxylic acids is 1. The highest BCUT2D eigenvalue weighted by atomic mass is 79.9. The van der Waals surface area contributed by atoms with Gasteiger partial charge in [-0.2, -0.15) is 0 Å². The molecule has 0 aromatic heterocycles. The summed E-state index contributed by atoms with van der Waals surface area (Å²) in [6.07, 6.45) is -0.281. The van der Waals surface area contributed by atoms with Crippen LogP contribution in [-0.4, -0.2) is 36.6 Å². The Morgan fingerprint density at radius 3 is 2.72 bits per heavy atom. The van der Waals surface area contributed by atoms with Crippen LogP contribution in [0.3, 0.4) is 0 Å². The third-order valence-corrected chi connectivity index (χ3v) is 2.99. The van der Waals surface area contributed by atoms with Gasteiger partial charge in [0.1, 0.15) is 5.75 Å². The van der Waals surface area contributed by atoms with E-state index in [1.807, 2.05) is 6.07 Å². The van der Waals surface area contributed by atoms with E-state index in [1.165, 1.54) is 4.90 Å². The average molecular weight is 316 g/mol. The van der Waals surface area contributed by atoms with Crippen LogP contribution in [0.1, 0.15) is 25.0 Å². The van der Waals surface area contributed by atoms with Gasteiger partial charge in [-0.15, -0.1) is 0 Å².